The maximum absolute atomic E-state index is 11.2. The first kappa shape index (κ1) is 12.8. The van der Waals surface area contributed by atoms with Crippen LogP contribution in [0.25, 0.3) is 0 Å². The molecule has 0 aromatic heterocycles. The first-order valence-electron chi connectivity index (χ1n) is 5.97. The second-order valence-electron chi connectivity index (χ2n) is 4.02. The first-order chi connectivity index (χ1) is 7.74. The van der Waals surface area contributed by atoms with Gasteiger partial charge >= 0.3 is 11.9 Å². The highest BCUT2D eigenvalue weighted by atomic mass is 16.6. The van der Waals surface area contributed by atoms with E-state index in [2.05, 4.69) is 23.5 Å². The summed E-state index contributed by atoms with van der Waals surface area (Å²) >= 11 is 0. The van der Waals surface area contributed by atoms with Crippen molar-refractivity contribution < 1.29 is 14.3 Å². The number of carbonyl (C=O) groups excluding carboxylic acids is 2. The van der Waals surface area contributed by atoms with Crippen LogP contribution in [0, 0.1) is 17.8 Å². The molecule has 88 valence electrons. The molecule has 1 saturated heterocycles. The van der Waals surface area contributed by atoms with Crippen molar-refractivity contribution >= 4 is 11.9 Å². The SMILES string of the molecule is CCCCCCC#CC1CCC(=O)OC1=O. The zero-order valence-electron chi connectivity index (χ0n) is 9.75. The monoisotopic (exact) mass is 222 g/mol. The molecule has 1 aliphatic heterocycles. The van der Waals surface area contributed by atoms with Gasteiger partial charge in [0.1, 0.15) is 5.92 Å². The maximum atomic E-state index is 11.2. The normalized spacial score (nSPS) is 19.9. The topological polar surface area (TPSA) is 43.4 Å². The number of unbranched alkanes of at least 4 members (excludes halogenated alkanes) is 4. The summed E-state index contributed by atoms with van der Waals surface area (Å²) in [5, 5.41) is 0. The fraction of sp³-hybridized carbons (Fsp3) is 0.692. The van der Waals surface area contributed by atoms with Gasteiger partial charge in [-0.25, -0.2) is 0 Å². The molecular weight excluding hydrogens is 204 g/mol. The molecule has 0 aliphatic carbocycles. The highest BCUT2D eigenvalue weighted by Gasteiger charge is 2.27. The van der Waals surface area contributed by atoms with Crippen LogP contribution in [0.15, 0.2) is 0 Å². The fourth-order valence-corrected chi connectivity index (χ4v) is 1.58. The van der Waals surface area contributed by atoms with Crippen LogP contribution >= 0.6 is 0 Å². The number of rotatable bonds is 4. The Bertz CT molecular complexity index is 309. The minimum absolute atomic E-state index is 0.306. The van der Waals surface area contributed by atoms with Gasteiger partial charge in [0, 0.05) is 12.8 Å². The van der Waals surface area contributed by atoms with Crippen LogP contribution in [0.3, 0.4) is 0 Å². The summed E-state index contributed by atoms with van der Waals surface area (Å²) < 4.78 is 4.51. The summed E-state index contributed by atoms with van der Waals surface area (Å²) in [5.74, 6) is 4.60. The second-order valence-corrected chi connectivity index (χ2v) is 4.02. The van der Waals surface area contributed by atoms with Gasteiger partial charge in [0.05, 0.1) is 0 Å². The standard InChI is InChI=1S/C13H18O3/c1-2-3-4-5-6-7-8-11-9-10-12(14)16-13(11)15/h11H,2-6,9-10H2,1H3. The molecule has 1 rings (SSSR count). The number of ether oxygens (including phenoxy) is 1. The quantitative estimate of drug-likeness (QED) is 0.317. The molecule has 1 aliphatic rings. The molecule has 0 bridgehead atoms. The van der Waals surface area contributed by atoms with Gasteiger partial charge in [0.2, 0.25) is 0 Å². The van der Waals surface area contributed by atoms with E-state index in [1.165, 1.54) is 19.3 Å². The number of hydrogen-bond acceptors (Lipinski definition) is 3. The average Bonchev–Trinajstić information content (AvgIpc) is 2.26. The fourth-order valence-electron chi connectivity index (χ4n) is 1.58. The second kappa shape index (κ2) is 7.05. The highest BCUT2D eigenvalue weighted by molar-refractivity contribution is 5.90. The average molecular weight is 222 g/mol. The predicted octanol–water partition coefficient (Wildman–Crippen LogP) is 2.44. The predicted molar refractivity (Wildman–Crippen MR) is 60.4 cm³/mol. The zero-order chi connectivity index (χ0) is 11.8. The minimum Gasteiger partial charge on any atom is -0.392 e. The Kier molecular flexibility index (Phi) is 5.63. The van der Waals surface area contributed by atoms with Crippen LogP contribution in [-0.2, 0) is 14.3 Å². The van der Waals surface area contributed by atoms with E-state index in [9.17, 15) is 9.59 Å². The Morgan fingerprint density at radius 3 is 2.81 bits per heavy atom. The van der Waals surface area contributed by atoms with Crippen molar-refractivity contribution in [2.45, 2.75) is 51.9 Å². The van der Waals surface area contributed by atoms with Crippen LogP contribution in [0.5, 0.6) is 0 Å². The summed E-state index contributed by atoms with van der Waals surface area (Å²) in [6, 6.07) is 0. The molecule has 0 radical (unpaired) electrons. The summed E-state index contributed by atoms with van der Waals surface area (Å²) in [4.78, 5) is 22.0. The molecule has 1 heterocycles. The summed E-state index contributed by atoms with van der Waals surface area (Å²) in [6.07, 6.45) is 6.38. The van der Waals surface area contributed by atoms with E-state index < -0.39 is 11.9 Å². The molecule has 1 fully saturated rings. The van der Waals surface area contributed by atoms with E-state index in [1.807, 2.05) is 0 Å². The minimum atomic E-state index is -0.475. The summed E-state index contributed by atoms with van der Waals surface area (Å²) in [5.41, 5.74) is 0. The van der Waals surface area contributed by atoms with E-state index in [0.717, 1.165) is 12.8 Å². The third-order valence-electron chi connectivity index (χ3n) is 2.57. The maximum Gasteiger partial charge on any atom is 0.328 e. The Balaban J connectivity index is 2.23. The van der Waals surface area contributed by atoms with Crippen molar-refractivity contribution in [1.29, 1.82) is 0 Å². The van der Waals surface area contributed by atoms with Crippen LogP contribution in [0.2, 0.25) is 0 Å². The van der Waals surface area contributed by atoms with E-state index in [4.69, 9.17) is 0 Å². The van der Waals surface area contributed by atoms with E-state index in [-0.39, 0.29) is 5.92 Å². The van der Waals surface area contributed by atoms with Crippen molar-refractivity contribution in [3.05, 3.63) is 0 Å². The molecule has 0 aromatic rings. The number of cyclic esters (lactones) is 2. The molecule has 0 saturated carbocycles. The highest BCUT2D eigenvalue weighted by Crippen LogP contribution is 2.15. The van der Waals surface area contributed by atoms with Gasteiger partial charge in [0.15, 0.2) is 0 Å². The van der Waals surface area contributed by atoms with Crippen molar-refractivity contribution in [3.63, 3.8) is 0 Å². The Morgan fingerprint density at radius 1 is 1.31 bits per heavy atom. The van der Waals surface area contributed by atoms with Gasteiger partial charge in [-0.05, 0) is 12.8 Å². The molecular formula is C13H18O3. The number of esters is 2. The van der Waals surface area contributed by atoms with Gasteiger partial charge < -0.3 is 4.74 Å². The first-order valence-corrected chi connectivity index (χ1v) is 5.97. The smallest absolute Gasteiger partial charge is 0.328 e. The van der Waals surface area contributed by atoms with Crippen molar-refractivity contribution in [3.8, 4) is 11.8 Å². The van der Waals surface area contributed by atoms with Crippen LogP contribution < -0.4 is 0 Å². The van der Waals surface area contributed by atoms with Gasteiger partial charge in [-0.1, -0.05) is 32.1 Å². The van der Waals surface area contributed by atoms with Crippen molar-refractivity contribution in [2.75, 3.05) is 0 Å². The molecule has 3 nitrogen and oxygen atoms in total. The molecule has 1 unspecified atom stereocenters. The van der Waals surface area contributed by atoms with Gasteiger partial charge in [-0.2, -0.15) is 0 Å². The van der Waals surface area contributed by atoms with Crippen LogP contribution in [0.4, 0.5) is 0 Å². The summed E-state index contributed by atoms with van der Waals surface area (Å²) in [6.45, 7) is 2.17. The zero-order valence-corrected chi connectivity index (χ0v) is 9.75. The van der Waals surface area contributed by atoms with Crippen LogP contribution in [0.1, 0.15) is 51.9 Å². The molecule has 3 heteroatoms. The van der Waals surface area contributed by atoms with Gasteiger partial charge in [-0.3, -0.25) is 9.59 Å². The molecule has 0 amide bonds. The lowest BCUT2D eigenvalue weighted by molar-refractivity contribution is -0.165. The molecule has 16 heavy (non-hydrogen) atoms. The van der Waals surface area contributed by atoms with Gasteiger partial charge in [-0.15, -0.1) is 5.92 Å². The lowest BCUT2D eigenvalue weighted by atomic mass is 10.0. The summed E-state index contributed by atoms with van der Waals surface area (Å²) in [7, 11) is 0. The molecule has 0 spiro atoms. The Labute approximate surface area is 96.5 Å². The lowest BCUT2D eigenvalue weighted by Crippen LogP contribution is -2.26. The largest absolute Gasteiger partial charge is 0.392 e. The molecule has 1 atom stereocenters. The number of carbonyl (C=O) groups is 2. The third kappa shape index (κ3) is 4.48. The molecule has 0 aromatic carbocycles. The third-order valence-corrected chi connectivity index (χ3v) is 2.57. The van der Waals surface area contributed by atoms with E-state index in [0.29, 0.717) is 12.8 Å². The Hall–Kier alpha value is -1.30. The van der Waals surface area contributed by atoms with E-state index >= 15 is 0 Å². The Morgan fingerprint density at radius 2 is 2.12 bits per heavy atom. The van der Waals surface area contributed by atoms with Crippen molar-refractivity contribution in [1.82, 2.24) is 0 Å². The van der Waals surface area contributed by atoms with Crippen LogP contribution in [-0.4, -0.2) is 11.9 Å². The van der Waals surface area contributed by atoms with Gasteiger partial charge in [0.25, 0.3) is 0 Å². The van der Waals surface area contributed by atoms with E-state index in [1.54, 1.807) is 0 Å². The number of hydrogen-bond donors (Lipinski definition) is 0. The molecule has 0 N–H and O–H groups in total. The van der Waals surface area contributed by atoms with Crippen molar-refractivity contribution in [2.24, 2.45) is 5.92 Å². The lowest BCUT2D eigenvalue weighted by Gasteiger charge is -2.13.